The van der Waals surface area contributed by atoms with Gasteiger partial charge < -0.3 is 4.90 Å². The van der Waals surface area contributed by atoms with Crippen molar-refractivity contribution in [2.75, 3.05) is 13.6 Å². The van der Waals surface area contributed by atoms with Crippen molar-refractivity contribution in [3.05, 3.63) is 33.8 Å². The quantitative estimate of drug-likeness (QED) is 0.752. The number of benzene rings is 1. The van der Waals surface area contributed by atoms with E-state index in [2.05, 4.69) is 22.9 Å². The molecular formula is C14H20BrNO. The summed E-state index contributed by atoms with van der Waals surface area (Å²) in [7, 11) is 1.87. The second-order valence-electron chi connectivity index (χ2n) is 4.42. The summed E-state index contributed by atoms with van der Waals surface area (Å²) in [6.07, 6.45) is 3.42. The summed E-state index contributed by atoms with van der Waals surface area (Å²) in [4.78, 5) is 14.0. The molecule has 2 nitrogen and oxygen atoms in total. The Hall–Kier alpha value is -0.830. The summed E-state index contributed by atoms with van der Waals surface area (Å²) < 4.78 is 0.871. The maximum atomic E-state index is 12.2. The van der Waals surface area contributed by atoms with Crippen LogP contribution in [0, 0.1) is 6.92 Å². The Morgan fingerprint density at radius 3 is 2.71 bits per heavy atom. The molecule has 0 unspecified atom stereocenters. The lowest BCUT2D eigenvalue weighted by Gasteiger charge is -2.18. The van der Waals surface area contributed by atoms with E-state index in [1.54, 1.807) is 4.90 Å². The third-order valence-corrected chi connectivity index (χ3v) is 3.49. The van der Waals surface area contributed by atoms with Gasteiger partial charge in [0.15, 0.2) is 0 Å². The molecule has 1 rings (SSSR count). The third-order valence-electron chi connectivity index (χ3n) is 2.80. The Morgan fingerprint density at radius 2 is 2.06 bits per heavy atom. The number of hydrogen-bond acceptors (Lipinski definition) is 1. The monoisotopic (exact) mass is 297 g/mol. The summed E-state index contributed by atoms with van der Waals surface area (Å²) in [5, 5.41) is 0. The second-order valence-corrected chi connectivity index (χ2v) is 5.27. The molecule has 0 fully saturated rings. The highest BCUT2D eigenvalue weighted by atomic mass is 79.9. The number of carbonyl (C=O) groups is 1. The molecule has 0 saturated heterocycles. The highest BCUT2D eigenvalue weighted by molar-refractivity contribution is 9.10. The number of carbonyl (C=O) groups excluding carboxylic acids is 1. The van der Waals surface area contributed by atoms with E-state index in [0.29, 0.717) is 0 Å². The molecule has 0 aromatic heterocycles. The third kappa shape index (κ3) is 4.15. The van der Waals surface area contributed by atoms with Crippen LogP contribution in [0.25, 0.3) is 0 Å². The van der Waals surface area contributed by atoms with Gasteiger partial charge in [-0.2, -0.15) is 0 Å². The van der Waals surface area contributed by atoms with Crippen LogP contribution in [-0.4, -0.2) is 24.4 Å². The highest BCUT2D eigenvalue weighted by Crippen LogP contribution is 2.19. The van der Waals surface area contributed by atoms with Crippen LogP contribution in [0.5, 0.6) is 0 Å². The molecule has 0 heterocycles. The largest absolute Gasteiger partial charge is 0.342 e. The fraction of sp³-hybridized carbons (Fsp3) is 0.500. The van der Waals surface area contributed by atoms with E-state index in [1.807, 2.05) is 32.2 Å². The molecule has 0 aliphatic rings. The Morgan fingerprint density at radius 1 is 1.35 bits per heavy atom. The summed E-state index contributed by atoms with van der Waals surface area (Å²) in [6.45, 7) is 4.99. The maximum Gasteiger partial charge on any atom is 0.254 e. The number of hydrogen-bond donors (Lipinski definition) is 0. The van der Waals surface area contributed by atoms with Crippen molar-refractivity contribution < 1.29 is 4.79 Å². The lowest BCUT2D eigenvalue weighted by Crippen LogP contribution is -2.28. The molecule has 1 amide bonds. The number of halogens is 1. The number of amides is 1. The van der Waals surface area contributed by atoms with Crippen molar-refractivity contribution in [1.82, 2.24) is 4.90 Å². The zero-order chi connectivity index (χ0) is 12.8. The molecule has 0 aliphatic heterocycles. The summed E-state index contributed by atoms with van der Waals surface area (Å²) in [5.74, 6) is 0.0941. The van der Waals surface area contributed by atoms with E-state index < -0.39 is 0 Å². The van der Waals surface area contributed by atoms with Gasteiger partial charge in [0.2, 0.25) is 0 Å². The molecule has 17 heavy (non-hydrogen) atoms. The van der Waals surface area contributed by atoms with Gasteiger partial charge in [0.25, 0.3) is 5.91 Å². The van der Waals surface area contributed by atoms with Crippen LogP contribution in [0.1, 0.15) is 42.1 Å². The van der Waals surface area contributed by atoms with Crippen LogP contribution < -0.4 is 0 Å². The fourth-order valence-corrected chi connectivity index (χ4v) is 2.13. The molecule has 94 valence electrons. The van der Waals surface area contributed by atoms with Crippen LogP contribution in [-0.2, 0) is 0 Å². The lowest BCUT2D eigenvalue weighted by atomic mass is 10.1. The van der Waals surface area contributed by atoms with Crippen LogP contribution >= 0.6 is 15.9 Å². The van der Waals surface area contributed by atoms with Gasteiger partial charge in [-0.1, -0.05) is 31.4 Å². The minimum atomic E-state index is 0.0941. The Balaban J connectivity index is 2.71. The van der Waals surface area contributed by atoms with Crippen molar-refractivity contribution in [2.45, 2.75) is 33.1 Å². The van der Waals surface area contributed by atoms with E-state index in [0.717, 1.165) is 28.6 Å². The van der Waals surface area contributed by atoms with Gasteiger partial charge in [-0.15, -0.1) is 0 Å². The SMILES string of the molecule is CCCCCN(C)C(=O)c1cc(C)ccc1Br. The standard InChI is InChI=1S/C14H20BrNO/c1-4-5-6-9-16(3)14(17)12-10-11(2)7-8-13(12)15/h7-8,10H,4-6,9H2,1-3H3. The van der Waals surface area contributed by atoms with Crippen LogP contribution in [0.3, 0.4) is 0 Å². The van der Waals surface area contributed by atoms with Crippen molar-refractivity contribution in [3.63, 3.8) is 0 Å². The lowest BCUT2D eigenvalue weighted by molar-refractivity contribution is 0.0791. The van der Waals surface area contributed by atoms with Gasteiger partial charge in [0, 0.05) is 18.1 Å². The smallest absolute Gasteiger partial charge is 0.254 e. The molecule has 0 bridgehead atoms. The molecule has 0 atom stereocenters. The first-order valence-electron chi connectivity index (χ1n) is 6.08. The van der Waals surface area contributed by atoms with E-state index in [-0.39, 0.29) is 5.91 Å². The number of nitrogens with zero attached hydrogens (tertiary/aromatic N) is 1. The van der Waals surface area contributed by atoms with Crippen LogP contribution in [0.2, 0.25) is 0 Å². The topological polar surface area (TPSA) is 20.3 Å². The van der Waals surface area contributed by atoms with E-state index >= 15 is 0 Å². The fourth-order valence-electron chi connectivity index (χ4n) is 1.71. The van der Waals surface area contributed by atoms with Gasteiger partial charge in [0.05, 0.1) is 5.56 Å². The van der Waals surface area contributed by atoms with Gasteiger partial charge in [0.1, 0.15) is 0 Å². The zero-order valence-corrected chi connectivity index (χ0v) is 12.4. The van der Waals surface area contributed by atoms with Gasteiger partial charge in [-0.25, -0.2) is 0 Å². The molecule has 0 N–H and O–H groups in total. The maximum absolute atomic E-state index is 12.2. The average molecular weight is 298 g/mol. The number of aryl methyl sites for hydroxylation is 1. The molecule has 1 aromatic carbocycles. The van der Waals surface area contributed by atoms with E-state index in [1.165, 1.54) is 12.8 Å². The van der Waals surface area contributed by atoms with E-state index in [4.69, 9.17) is 0 Å². The second kappa shape index (κ2) is 6.80. The molecule has 0 spiro atoms. The van der Waals surface area contributed by atoms with Gasteiger partial charge in [-0.3, -0.25) is 4.79 Å². The molecule has 1 aromatic rings. The van der Waals surface area contributed by atoms with Crippen molar-refractivity contribution >= 4 is 21.8 Å². The Kier molecular flexibility index (Phi) is 5.69. The van der Waals surface area contributed by atoms with Crippen molar-refractivity contribution in [3.8, 4) is 0 Å². The highest BCUT2D eigenvalue weighted by Gasteiger charge is 2.14. The molecular weight excluding hydrogens is 278 g/mol. The van der Waals surface area contributed by atoms with Crippen LogP contribution in [0.15, 0.2) is 22.7 Å². The van der Waals surface area contributed by atoms with Gasteiger partial charge >= 0.3 is 0 Å². The summed E-state index contributed by atoms with van der Waals surface area (Å²) in [6, 6.07) is 5.86. The Labute approximate surface area is 112 Å². The van der Waals surface area contributed by atoms with Crippen LogP contribution in [0.4, 0.5) is 0 Å². The first-order chi connectivity index (χ1) is 8.06. The minimum absolute atomic E-state index is 0.0941. The summed E-state index contributed by atoms with van der Waals surface area (Å²) in [5.41, 5.74) is 1.86. The molecule has 3 heteroatoms. The first-order valence-corrected chi connectivity index (χ1v) is 6.87. The predicted octanol–water partition coefficient (Wildman–Crippen LogP) is 4.02. The summed E-state index contributed by atoms with van der Waals surface area (Å²) >= 11 is 3.43. The predicted molar refractivity (Wildman–Crippen MR) is 75.4 cm³/mol. The normalized spacial score (nSPS) is 10.4. The van der Waals surface area contributed by atoms with Crippen molar-refractivity contribution in [1.29, 1.82) is 0 Å². The molecule has 0 saturated carbocycles. The Bertz CT molecular complexity index is 390. The van der Waals surface area contributed by atoms with Crippen molar-refractivity contribution in [2.24, 2.45) is 0 Å². The number of rotatable bonds is 5. The van der Waals surface area contributed by atoms with E-state index in [9.17, 15) is 4.79 Å². The minimum Gasteiger partial charge on any atom is -0.342 e. The molecule has 0 aliphatic carbocycles. The van der Waals surface area contributed by atoms with Gasteiger partial charge in [-0.05, 0) is 41.4 Å². The first kappa shape index (κ1) is 14.2. The molecule has 0 radical (unpaired) electrons. The number of unbranched alkanes of at least 4 members (excludes halogenated alkanes) is 2. The zero-order valence-electron chi connectivity index (χ0n) is 10.8. The average Bonchev–Trinajstić information content (AvgIpc) is 2.31.